The molecule has 1 aliphatic rings. The fourth-order valence-corrected chi connectivity index (χ4v) is 4.58. The number of hydrogen-bond acceptors (Lipinski definition) is 6. The van der Waals surface area contributed by atoms with Crippen molar-refractivity contribution in [2.75, 3.05) is 13.1 Å². The molecule has 1 saturated heterocycles. The summed E-state index contributed by atoms with van der Waals surface area (Å²) in [6, 6.07) is 11.8. The van der Waals surface area contributed by atoms with E-state index >= 15 is 0 Å². The van der Waals surface area contributed by atoms with Crippen molar-refractivity contribution in [2.24, 2.45) is 5.92 Å². The SMILES string of the molecule is O=C(c1nccc2ccccc12)N1CCCC(Cc2nc(-c3ccsc3)no2)C1. The van der Waals surface area contributed by atoms with Gasteiger partial charge in [0, 0.05) is 42.0 Å². The van der Waals surface area contributed by atoms with Crippen LogP contribution < -0.4 is 0 Å². The van der Waals surface area contributed by atoms with Crippen LogP contribution >= 0.6 is 11.3 Å². The summed E-state index contributed by atoms with van der Waals surface area (Å²) in [4.78, 5) is 24.0. The topological polar surface area (TPSA) is 72.1 Å². The Labute approximate surface area is 172 Å². The van der Waals surface area contributed by atoms with Crippen molar-refractivity contribution >= 4 is 28.0 Å². The van der Waals surface area contributed by atoms with Crippen LogP contribution in [0, 0.1) is 5.92 Å². The Balaban J connectivity index is 1.31. The van der Waals surface area contributed by atoms with Crippen LogP contribution in [0.1, 0.15) is 29.2 Å². The first-order chi connectivity index (χ1) is 14.3. The second kappa shape index (κ2) is 7.75. The molecule has 5 rings (SSSR count). The highest BCUT2D eigenvalue weighted by molar-refractivity contribution is 7.08. The molecular formula is C22H20N4O2S. The van der Waals surface area contributed by atoms with Gasteiger partial charge in [-0.05, 0) is 41.7 Å². The van der Waals surface area contributed by atoms with Crippen molar-refractivity contribution < 1.29 is 9.32 Å². The largest absolute Gasteiger partial charge is 0.339 e. The lowest BCUT2D eigenvalue weighted by molar-refractivity contribution is 0.0664. The predicted molar refractivity (Wildman–Crippen MR) is 112 cm³/mol. The van der Waals surface area contributed by atoms with E-state index in [-0.39, 0.29) is 5.91 Å². The summed E-state index contributed by atoms with van der Waals surface area (Å²) >= 11 is 1.61. The van der Waals surface area contributed by atoms with Crippen LogP contribution in [-0.2, 0) is 6.42 Å². The zero-order valence-corrected chi connectivity index (χ0v) is 16.6. The molecule has 1 fully saturated rings. The summed E-state index contributed by atoms with van der Waals surface area (Å²) in [5.41, 5.74) is 1.51. The van der Waals surface area contributed by atoms with Crippen molar-refractivity contribution in [1.29, 1.82) is 0 Å². The molecule has 0 saturated carbocycles. The average Bonchev–Trinajstić information content (AvgIpc) is 3.45. The van der Waals surface area contributed by atoms with E-state index in [1.807, 2.05) is 52.1 Å². The second-order valence-corrected chi connectivity index (χ2v) is 8.15. The number of carbonyl (C=O) groups is 1. The quantitative estimate of drug-likeness (QED) is 0.503. The van der Waals surface area contributed by atoms with Gasteiger partial charge in [-0.15, -0.1) is 0 Å². The van der Waals surface area contributed by atoms with Crippen LogP contribution in [0.4, 0.5) is 0 Å². The first-order valence-corrected chi connectivity index (χ1v) is 10.7. The van der Waals surface area contributed by atoms with Crippen molar-refractivity contribution in [2.45, 2.75) is 19.3 Å². The van der Waals surface area contributed by atoms with Gasteiger partial charge in [0.1, 0.15) is 5.69 Å². The van der Waals surface area contributed by atoms with Gasteiger partial charge < -0.3 is 9.42 Å². The lowest BCUT2D eigenvalue weighted by Gasteiger charge is -2.32. The molecule has 7 heteroatoms. The lowest BCUT2D eigenvalue weighted by atomic mass is 9.94. The summed E-state index contributed by atoms with van der Waals surface area (Å²) in [7, 11) is 0. The van der Waals surface area contributed by atoms with E-state index in [0.29, 0.717) is 36.3 Å². The summed E-state index contributed by atoms with van der Waals surface area (Å²) in [6.07, 6.45) is 4.40. The van der Waals surface area contributed by atoms with Gasteiger partial charge in [-0.1, -0.05) is 29.4 Å². The Kier molecular flexibility index (Phi) is 4.81. The molecule has 0 spiro atoms. The molecule has 1 aliphatic heterocycles. The maximum atomic E-state index is 13.2. The molecule has 0 radical (unpaired) electrons. The number of pyridine rings is 1. The van der Waals surface area contributed by atoms with Gasteiger partial charge in [0.15, 0.2) is 0 Å². The molecule has 6 nitrogen and oxygen atoms in total. The minimum atomic E-state index is -0.00371. The van der Waals surface area contributed by atoms with Crippen LogP contribution in [-0.4, -0.2) is 39.0 Å². The zero-order chi connectivity index (χ0) is 19.6. The molecule has 1 unspecified atom stereocenters. The first kappa shape index (κ1) is 18.0. The lowest BCUT2D eigenvalue weighted by Crippen LogP contribution is -2.41. The summed E-state index contributed by atoms with van der Waals surface area (Å²) in [5, 5.41) is 10.0. The number of piperidine rings is 1. The summed E-state index contributed by atoms with van der Waals surface area (Å²) in [5.74, 6) is 1.56. The third kappa shape index (κ3) is 3.65. The number of fused-ring (bicyclic) bond motifs is 1. The number of likely N-dealkylation sites (tertiary alicyclic amines) is 1. The second-order valence-electron chi connectivity index (χ2n) is 7.37. The molecule has 1 amide bonds. The van der Waals surface area contributed by atoms with E-state index in [1.54, 1.807) is 17.5 Å². The molecular weight excluding hydrogens is 384 g/mol. The van der Waals surface area contributed by atoms with Gasteiger partial charge in [0.05, 0.1) is 0 Å². The molecule has 3 aromatic heterocycles. The number of amides is 1. The molecule has 1 aromatic carbocycles. The number of rotatable bonds is 4. The van der Waals surface area contributed by atoms with Crippen molar-refractivity contribution in [3.8, 4) is 11.4 Å². The summed E-state index contributed by atoms with van der Waals surface area (Å²) < 4.78 is 5.46. The number of hydrogen-bond donors (Lipinski definition) is 0. The third-order valence-corrected chi connectivity index (χ3v) is 6.08. The van der Waals surface area contributed by atoms with Crippen LogP contribution in [0.25, 0.3) is 22.2 Å². The van der Waals surface area contributed by atoms with Gasteiger partial charge in [-0.25, -0.2) is 0 Å². The smallest absolute Gasteiger partial charge is 0.273 e. The fraction of sp³-hybridized carbons (Fsp3) is 0.273. The number of thiophene rings is 1. The highest BCUT2D eigenvalue weighted by Crippen LogP contribution is 2.25. The molecule has 146 valence electrons. The Hall–Kier alpha value is -3.06. The monoisotopic (exact) mass is 404 g/mol. The van der Waals surface area contributed by atoms with E-state index in [1.165, 1.54) is 0 Å². The Morgan fingerprint density at radius 1 is 1.24 bits per heavy atom. The highest BCUT2D eigenvalue weighted by Gasteiger charge is 2.27. The molecule has 1 atom stereocenters. The number of benzene rings is 1. The predicted octanol–water partition coefficient (Wildman–Crippen LogP) is 4.44. The Bertz CT molecular complexity index is 1130. The molecule has 4 heterocycles. The standard InChI is InChI=1S/C22H20N4O2S/c27-22(20-18-6-2-1-5-16(18)7-9-23-20)26-10-3-4-15(13-26)12-19-24-21(25-28-19)17-8-11-29-14-17/h1-2,5-9,11,14-15H,3-4,10,12-13H2. The van der Waals surface area contributed by atoms with Crippen LogP contribution in [0.3, 0.4) is 0 Å². The van der Waals surface area contributed by atoms with E-state index < -0.39 is 0 Å². The molecule has 0 bridgehead atoms. The number of carbonyl (C=O) groups excluding carboxylic acids is 1. The van der Waals surface area contributed by atoms with Crippen molar-refractivity contribution in [3.05, 3.63) is 64.9 Å². The molecule has 29 heavy (non-hydrogen) atoms. The van der Waals surface area contributed by atoms with Gasteiger partial charge in [0.25, 0.3) is 5.91 Å². The summed E-state index contributed by atoms with van der Waals surface area (Å²) in [6.45, 7) is 1.43. The van der Waals surface area contributed by atoms with Crippen molar-refractivity contribution in [1.82, 2.24) is 20.0 Å². The minimum Gasteiger partial charge on any atom is -0.339 e. The van der Waals surface area contributed by atoms with Gasteiger partial charge >= 0.3 is 0 Å². The molecule has 4 aromatic rings. The molecule has 0 N–H and O–H groups in total. The van der Waals surface area contributed by atoms with Gasteiger partial charge in [0.2, 0.25) is 11.7 Å². The van der Waals surface area contributed by atoms with Gasteiger partial charge in [-0.3, -0.25) is 9.78 Å². The third-order valence-electron chi connectivity index (χ3n) is 5.39. The maximum Gasteiger partial charge on any atom is 0.273 e. The first-order valence-electron chi connectivity index (χ1n) is 9.76. The van der Waals surface area contributed by atoms with E-state index in [4.69, 9.17) is 4.52 Å². The average molecular weight is 404 g/mol. The maximum absolute atomic E-state index is 13.2. The van der Waals surface area contributed by atoms with E-state index in [0.717, 1.165) is 35.7 Å². The highest BCUT2D eigenvalue weighted by atomic mass is 32.1. The Morgan fingerprint density at radius 2 is 2.17 bits per heavy atom. The number of aromatic nitrogens is 3. The van der Waals surface area contributed by atoms with Crippen LogP contribution in [0.5, 0.6) is 0 Å². The minimum absolute atomic E-state index is 0.00371. The molecule has 0 aliphatic carbocycles. The van der Waals surface area contributed by atoms with E-state index in [2.05, 4.69) is 15.1 Å². The fourth-order valence-electron chi connectivity index (χ4n) is 3.95. The normalized spacial score (nSPS) is 17.0. The van der Waals surface area contributed by atoms with Crippen molar-refractivity contribution in [3.63, 3.8) is 0 Å². The van der Waals surface area contributed by atoms with Crippen LogP contribution in [0.15, 0.2) is 57.9 Å². The van der Waals surface area contributed by atoms with Gasteiger partial charge in [-0.2, -0.15) is 16.3 Å². The number of nitrogens with zero attached hydrogens (tertiary/aromatic N) is 4. The van der Waals surface area contributed by atoms with E-state index in [9.17, 15) is 4.79 Å². The zero-order valence-electron chi connectivity index (χ0n) is 15.8. The van der Waals surface area contributed by atoms with Crippen LogP contribution in [0.2, 0.25) is 0 Å². The Morgan fingerprint density at radius 3 is 3.07 bits per heavy atom.